The molecule has 0 saturated carbocycles. The zero-order valence-electron chi connectivity index (χ0n) is 8.08. The van der Waals surface area contributed by atoms with E-state index in [0.717, 1.165) is 0 Å². The summed E-state index contributed by atoms with van der Waals surface area (Å²) in [7, 11) is -5.00. The van der Waals surface area contributed by atoms with Crippen LogP contribution in [0.25, 0.3) is 0 Å². The number of phosphoric ester groups is 1. The summed E-state index contributed by atoms with van der Waals surface area (Å²) < 4.78 is 14.6. The Bertz CT molecular complexity index is 267. The third kappa shape index (κ3) is 5.10. The van der Waals surface area contributed by atoms with Gasteiger partial charge in [0, 0.05) is 0 Å². The molecule has 0 fully saturated rings. The zero-order valence-corrected chi connectivity index (χ0v) is 8.97. The SMILES string of the molecule is NC(C=O)C(O)C(OP(=O)(O)O)C(O)CO. The molecule has 7 N–H and O–H groups in total. The molecule has 0 spiro atoms. The van der Waals surface area contributed by atoms with Crippen molar-refractivity contribution in [1.82, 2.24) is 0 Å². The maximum atomic E-state index is 10.5. The first kappa shape index (κ1) is 15.6. The molecule has 4 unspecified atom stereocenters. The van der Waals surface area contributed by atoms with E-state index in [9.17, 15) is 14.5 Å². The number of rotatable bonds is 7. The van der Waals surface area contributed by atoms with Gasteiger partial charge in [-0.05, 0) is 0 Å². The minimum absolute atomic E-state index is 0.116. The van der Waals surface area contributed by atoms with Crippen molar-refractivity contribution in [3.63, 3.8) is 0 Å². The lowest BCUT2D eigenvalue weighted by molar-refractivity contribution is -0.117. The van der Waals surface area contributed by atoms with Crippen LogP contribution in [-0.4, -0.2) is 62.4 Å². The number of hydrogen-bond donors (Lipinski definition) is 6. The quantitative estimate of drug-likeness (QED) is 0.202. The van der Waals surface area contributed by atoms with E-state index in [0.29, 0.717) is 0 Å². The summed E-state index contributed by atoms with van der Waals surface area (Å²) in [5.41, 5.74) is 5.08. The zero-order chi connectivity index (χ0) is 12.9. The van der Waals surface area contributed by atoms with Crippen LogP contribution >= 0.6 is 7.82 Å². The molecular formula is C6H14NO8P. The van der Waals surface area contributed by atoms with Gasteiger partial charge in [0.1, 0.15) is 24.6 Å². The summed E-state index contributed by atoms with van der Waals surface area (Å²) in [6.45, 7) is -0.923. The van der Waals surface area contributed by atoms with Gasteiger partial charge >= 0.3 is 7.82 Å². The van der Waals surface area contributed by atoms with Crippen molar-refractivity contribution in [3.8, 4) is 0 Å². The number of aldehydes is 1. The fourth-order valence-corrected chi connectivity index (χ4v) is 1.50. The van der Waals surface area contributed by atoms with E-state index < -0.39 is 38.8 Å². The Morgan fingerprint density at radius 3 is 2.19 bits per heavy atom. The summed E-state index contributed by atoms with van der Waals surface area (Å²) in [6, 6.07) is -1.50. The Hall–Kier alpha value is -0.380. The molecule has 96 valence electrons. The highest BCUT2D eigenvalue weighted by atomic mass is 31.2. The third-order valence-corrected chi connectivity index (χ3v) is 2.23. The first-order valence-electron chi connectivity index (χ1n) is 4.14. The molecule has 0 amide bonds. The van der Waals surface area contributed by atoms with Crippen LogP contribution in [0.1, 0.15) is 0 Å². The van der Waals surface area contributed by atoms with Crippen LogP contribution in [0.3, 0.4) is 0 Å². The van der Waals surface area contributed by atoms with E-state index >= 15 is 0 Å². The number of carbonyl (C=O) groups is 1. The highest BCUT2D eigenvalue weighted by molar-refractivity contribution is 7.46. The third-order valence-electron chi connectivity index (χ3n) is 1.71. The van der Waals surface area contributed by atoms with Gasteiger partial charge in [0.2, 0.25) is 0 Å². The number of nitrogens with two attached hydrogens (primary N) is 1. The van der Waals surface area contributed by atoms with Crippen LogP contribution in [0.15, 0.2) is 0 Å². The Kier molecular flexibility index (Phi) is 6.23. The molecule has 10 heteroatoms. The van der Waals surface area contributed by atoms with Crippen molar-refractivity contribution in [2.75, 3.05) is 6.61 Å². The van der Waals surface area contributed by atoms with Crippen LogP contribution in [0, 0.1) is 0 Å². The van der Waals surface area contributed by atoms with Gasteiger partial charge in [-0.15, -0.1) is 0 Å². The number of aliphatic hydroxyl groups is 3. The summed E-state index contributed by atoms with van der Waals surface area (Å²) in [5, 5.41) is 27.1. The predicted molar refractivity (Wildman–Crippen MR) is 50.1 cm³/mol. The van der Waals surface area contributed by atoms with Crippen molar-refractivity contribution in [2.45, 2.75) is 24.4 Å². The number of hydrogen-bond acceptors (Lipinski definition) is 7. The molecule has 0 aromatic heterocycles. The van der Waals surface area contributed by atoms with Crippen LogP contribution in [0.5, 0.6) is 0 Å². The standard InChI is InChI=1S/C6H14NO8P/c7-3(1-8)5(11)6(4(10)2-9)15-16(12,13)14/h1,3-6,9-11H,2,7H2,(H2,12,13,14). The minimum atomic E-state index is -5.00. The summed E-state index contributed by atoms with van der Waals surface area (Å²) in [5.74, 6) is 0. The van der Waals surface area contributed by atoms with E-state index in [-0.39, 0.29) is 6.29 Å². The van der Waals surface area contributed by atoms with Crippen LogP contribution < -0.4 is 5.73 Å². The van der Waals surface area contributed by atoms with Gasteiger partial charge in [-0.1, -0.05) is 0 Å². The second-order valence-corrected chi connectivity index (χ2v) is 4.21. The average Bonchev–Trinajstić information content (AvgIpc) is 2.21. The van der Waals surface area contributed by atoms with Gasteiger partial charge in [0.25, 0.3) is 0 Å². The molecule has 0 saturated heterocycles. The average molecular weight is 259 g/mol. The topological polar surface area (TPSA) is 171 Å². The van der Waals surface area contributed by atoms with Crippen LogP contribution in [0.4, 0.5) is 0 Å². The largest absolute Gasteiger partial charge is 0.470 e. The van der Waals surface area contributed by atoms with Crippen molar-refractivity contribution < 1.29 is 39.0 Å². The lowest BCUT2D eigenvalue weighted by atomic mass is 10.0. The van der Waals surface area contributed by atoms with E-state index in [1.807, 2.05) is 0 Å². The van der Waals surface area contributed by atoms with Crippen molar-refractivity contribution in [3.05, 3.63) is 0 Å². The molecule has 9 nitrogen and oxygen atoms in total. The number of phosphoric acid groups is 1. The second kappa shape index (κ2) is 6.38. The van der Waals surface area contributed by atoms with Crippen molar-refractivity contribution in [2.24, 2.45) is 5.73 Å². The molecule has 0 aliphatic carbocycles. The number of aliphatic hydroxyl groups excluding tert-OH is 3. The molecule has 0 aliphatic rings. The van der Waals surface area contributed by atoms with E-state index in [1.165, 1.54) is 0 Å². The molecule has 16 heavy (non-hydrogen) atoms. The van der Waals surface area contributed by atoms with E-state index in [1.54, 1.807) is 0 Å². The fraction of sp³-hybridized carbons (Fsp3) is 0.833. The lowest BCUT2D eigenvalue weighted by Crippen LogP contribution is -2.50. The molecule has 0 bridgehead atoms. The normalized spacial score (nSPS) is 19.9. The Balaban J connectivity index is 4.79. The molecule has 4 atom stereocenters. The molecule has 0 aromatic carbocycles. The van der Waals surface area contributed by atoms with Gasteiger partial charge in [-0.3, -0.25) is 4.52 Å². The monoisotopic (exact) mass is 259 g/mol. The molecule has 0 rings (SSSR count). The number of carbonyl (C=O) groups excluding carboxylic acids is 1. The summed E-state index contributed by atoms with van der Waals surface area (Å²) in [4.78, 5) is 27.2. The molecule has 0 heterocycles. The van der Waals surface area contributed by atoms with E-state index in [2.05, 4.69) is 4.52 Å². The maximum absolute atomic E-state index is 10.5. The molecular weight excluding hydrogens is 245 g/mol. The van der Waals surface area contributed by atoms with Gasteiger partial charge in [-0.25, -0.2) is 4.57 Å². The lowest BCUT2D eigenvalue weighted by Gasteiger charge is -2.28. The second-order valence-electron chi connectivity index (χ2n) is 3.01. The maximum Gasteiger partial charge on any atom is 0.470 e. The van der Waals surface area contributed by atoms with Gasteiger partial charge in [0.15, 0.2) is 0 Å². The highest BCUT2D eigenvalue weighted by Gasteiger charge is 2.36. The van der Waals surface area contributed by atoms with Gasteiger partial charge < -0.3 is 35.6 Å². The summed E-state index contributed by atoms with van der Waals surface area (Å²) in [6.07, 6.45) is -5.39. The minimum Gasteiger partial charge on any atom is -0.394 e. The molecule has 0 aromatic rings. The summed E-state index contributed by atoms with van der Waals surface area (Å²) >= 11 is 0. The van der Waals surface area contributed by atoms with E-state index in [4.69, 9.17) is 25.7 Å². The fourth-order valence-electron chi connectivity index (χ4n) is 0.922. The first-order chi connectivity index (χ1) is 7.22. The predicted octanol–water partition coefficient (Wildman–Crippen LogP) is -3.30. The van der Waals surface area contributed by atoms with Crippen LogP contribution in [0.2, 0.25) is 0 Å². The Labute approximate surface area is 90.7 Å². The Morgan fingerprint density at radius 2 is 1.88 bits per heavy atom. The van der Waals surface area contributed by atoms with Gasteiger partial charge in [0.05, 0.1) is 12.6 Å². The smallest absolute Gasteiger partial charge is 0.394 e. The first-order valence-corrected chi connectivity index (χ1v) is 5.67. The highest BCUT2D eigenvalue weighted by Crippen LogP contribution is 2.39. The molecule has 0 aliphatic heterocycles. The van der Waals surface area contributed by atoms with Crippen LogP contribution in [-0.2, 0) is 13.9 Å². The van der Waals surface area contributed by atoms with Gasteiger partial charge in [-0.2, -0.15) is 0 Å². The Morgan fingerprint density at radius 1 is 1.38 bits per heavy atom. The van der Waals surface area contributed by atoms with Crippen molar-refractivity contribution >= 4 is 14.1 Å². The van der Waals surface area contributed by atoms with Crippen molar-refractivity contribution in [1.29, 1.82) is 0 Å². The molecule has 0 radical (unpaired) electrons.